The van der Waals surface area contributed by atoms with Crippen molar-refractivity contribution in [1.82, 2.24) is 10.3 Å². The summed E-state index contributed by atoms with van der Waals surface area (Å²) in [4.78, 5) is 4.05. The van der Waals surface area contributed by atoms with Crippen LogP contribution in [-0.2, 0) is 0 Å². The molecule has 1 aliphatic heterocycles. The Morgan fingerprint density at radius 3 is 3.00 bits per heavy atom. The summed E-state index contributed by atoms with van der Waals surface area (Å²) in [6.07, 6.45) is 5.92. The fourth-order valence-corrected chi connectivity index (χ4v) is 1.69. The first-order valence-corrected chi connectivity index (χ1v) is 5.25. The molecule has 1 fully saturated rings. The molecule has 0 bridgehead atoms. The van der Waals surface area contributed by atoms with Crippen molar-refractivity contribution >= 4 is 0 Å². The monoisotopic (exact) mass is 208 g/mol. The largest absolute Gasteiger partial charge is 0.495 e. The van der Waals surface area contributed by atoms with E-state index in [1.807, 2.05) is 6.07 Å². The van der Waals surface area contributed by atoms with Gasteiger partial charge in [0, 0.05) is 12.6 Å². The molecule has 1 aliphatic rings. The minimum Gasteiger partial charge on any atom is -0.495 e. The lowest BCUT2D eigenvalue weighted by Gasteiger charge is -2.23. The molecule has 0 aliphatic carbocycles. The summed E-state index contributed by atoms with van der Waals surface area (Å²) in [6.45, 7) is 2.01. The quantitative estimate of drug-likeness (QED) is 0.811. The highest BCUT2D eigenvalue weighted by Gasteiger charge is 2.14. The lowest BCUT2D eigenvalue weighted by Crippen LogP contribution is -2.37. The SMILES string of the molecule is COc1cncc(OC2CCCNC2)c1. The van der Waals surface area contributed by atoms with Crippen LogP contribution in [0.2, 0.25) is 0 Å². The van der Waals surface area contributed by atoms with Crippen LogP contribution in [0, 0.1) is 0 Å². The molecule has 4 nitrogen and oxygen atoms in total. The second-order valence-electron chi connectivity index (χ2n) is 3.65. The predicted octanol–water partition coefficient (Wildman–Crippen LogP) is 1.22. The molecule has 0 amide bonds. The zero-order valence-corrected chi connectivity index (χ0v) is 8.90. The minimum atomic E-state index is 0.257. The molecule has 1 aromatic heterocycles. The molecule has 0 saturated carbocycles. The Balaban J connectivity index is 1.96. The lowest BCUT2D eigenvalue weighted by molar-refractivity contribution is 0.166. The van der Waals surface area contributed by atoms with E-state index in [9.17, 15) is 0 Å². The van der Waals surface area contributed by atoms with Crippen LogP contribution in [0.5, 0.6) is 11.5 Å². The highest BCUT2D eigenvalue weighted by Crippen LogP contribution is 2.19. The van der Waals surface area contributed by atoms with Crippen molar-refractivity contribution in [2.75, 3.05) is 20.2 Å². The van der Waals surface area contributed by atoms with Crippen LogP contribution >= 0.6 is 0 Å². The number of pyridine rings is 1. The molecule has 4 heteroatoms. The summed E-state index contributed by atoms with van der Waals surface area (Å²) < 4.78 is 10.9. The maximum atomic E-state index is 5.79. The fourth-order valence-electron chi connectivity index (χ4n) is 1.69. The molecule has 0 aromatic carbocycles. The van der Waals surface area contributed by atoms with E-state index in [0.29, 0.717) is 0 Å². The number of rotatable bonds is 3. The molecule has 0 radical (unpaired) electrons. The number of hydrogen-bond donors (Lipinski definition) is 1. The van der Waals surface area contributed by atoms with Gasteiger partial charge in [-0.15, -0.1) is 0 Å². The normalized spacial score (nSPS) is 21.0. The summed E-state index contributed by atoms with van der Waals surface area (Å²) in [7, 11) is 1.63. The molecule has 2 rings (SSSR count). The number of aromatic nitrogens is 1. The molecule has 15 heavy (non-hydrogen) atoms. The zero-order chi connectivity index (χ0) is 10.5. The lowest BCUT2D eigenvalue weighted by atomic mass is 10.1. The van der Waals surface area contributed by atoms with E-state index >= 15 is 0 Å². The van der Waals surface area contributed by atoms with Crippen LogP contribution in [0.15, 0.2) is 18.5 Å². The average molecular weight is 208 g/mol. The fraction of sp³-hybridized carbons (Fsp3) is 0.545. The maximum absolute atomic E-state index is 5.79. The van der Waals surface area contributed by atoms with Gasteiger partial charge in [0.2, 0.25) is 0 Å². The standard InChI is InChI=1S/C11H16N2O2/c1-14-10-5-11(8-13-7-10)15-9-3-2-4-12-6-9/h5,7-9,12H,2-4,6H2,1H3. The van der Waals surface area contributed by atoms with E-state index in [0.717, 1.165) is 31.0 Å². The van der Waals surface area contributed by atoms with Crippen molar-refractivity contribution < 1.29 is 9.47 Å². The van der Waals surface area contributed by atoms with Gasteiger partial charge >= 0.3 is 0 Å². The number of methoxy groups -OCH3 is 1. The van der Waals surface area contributed by atoms with Crippen molar-refractivity contribution in [3.8, 4) is 11.5 Å². The van der Waals surface area contributed by atoms with E-state index in [4.69, 9.17) is 9.47 Å². The molecule has 1 aromatic rings. The molecule has 0 spiro atoms. The molecule has 2 heterocycles. The van der Waals surface area contributed by atoms with Crippen molar-refractivity contribution in [3.63, 3.8) is 0 Å². The second kappa shape index (κ2) is 4.98. The summed E-state index contributed by atoms with van der Waals surface area (Å²) in [5.74, 6) is 1.51. The van der Waals surface area contributed by atoms with Gasteiger partial charge < -0.3 is 14.8 Å². The molecule has 1 unspecified atom stereocenters. The number of piperidine rings is 1. The Bertz CT molecular complexity index is 311. The van der Waals surface area contributed by atoms with Crippen LogP contribution < -0.4 is 14.8 Å². The maximum Gasteiger partial charge on any atom is 0.141 e. The van der Waals surface area contributed by atoms with E-state index in [1.54, 1.807) is 19.5 Å². The van der Waals surface area contributed by atoms with Gasteiger partial charge in [0.1, 0.15) is 17.6 Å². The van der Waals surface area contributed by atoms with Gasteiger partial charge in [-0.1, -0.05) is 0 Å². The molecule has 1 saturated heterocycles. The Labute approximate surface area is 89.6 Å². The molecular weight excluding hydrogens is 192 g/mol. The Hall–Kier alpha value is -1.29. The van der Waals surface area contributed by atoms with E-state index < -0.39 is 0 Å². The number of ether oxygens (including phenoxy) is 2. The Morgan fingerprint density at radius 2 is 2.27 bits per heavy atom. The Morgan fingerprint density at radius 1 is 1.40 bits per heavy atom. The van der Waals surface area contributed by atoms with Gasteiger partial charge in [0.25, 0.3) is 0 Å². The van der Waals surface area contributed by atoms with Crippen LogP contribution in [0.1, 0.15) is 12.8 Å². The number of nitrogens with zero attached hydrogens (tertiary/aromatic N) is 1. The van der Waals surface area contributed by atoms with Crippen LogP contribution in [0.4, 0.5) is 0 Å². The van der Waals surface area contributed by atoms with Crippen molar-refractivity contribution in [3.05, 3.63) is 18.5 Å². The third-order valence-electron chi connectivity index (χ3n) is 2.48. The summed E-state index contributed by atoms with van der Waals surface area (Å²) in [5.41, 5.74) is 0. The van der Waals surface area contributed by atoms with Gasteiger partial charge in [-0.25, -0.2) is 0 Å². The Kier molecular flexibility index (Phi) is 3.40. The van der Waals surface area contributed by atoms with Gasteiger partial charge in [-0.3, -0.25) is 4.98 Å². The highest BCUT2D eigenvalue weighted by atomic mass is 16.5. The molecule has 1 atom stereocenters. The van der Waals surface area contributed by atoms with E-state index in [1.165, 1.54) is 6.42 Å². The number of hydrogen-bond acceptors (Lipinski definition) is 4. The van der Waals surface area contributed by atoms with Gasteiger partial charge in [-0.2, -0.15) is 0 Å². The van der Waals surface area contributed by atoms with Crippen LogP contribution in [0.25, 0.3) is 0 Å². The van der Waals surface area contributed by atoms with Crippen LogP contribution in [0.3, 0.4) is 0 Å². The van der Waals surface area contributed by atoms with Gasteiger partial charge in [0.15, 0.2) is 0 Å². The van der Waals surface area contributed by atoms with Crippen molar-refractivity contribution in [2.45, 2.75) is 18.9 Å². The first-order chi connectivity index (χ1) is 7.38. The van der Waals surface area contributed by atoms with E-state index in [2.05, 4.69) is 10.3 Å². The van der Waals surface area contributed by atoms with E-state index in [-0.39, 0.29) is 6.10 Å². The number of nitrogens with one attached hydrogen (secondary N) is 1. The van der Waals surface area contributed by atoms with Gasteiger partial charge in [-0.05, 0) is 19.4 Å². The highest BCUT2D eigenvalue weighted by molar-refractivity contribution is 5.28. The molecule has 1 N–H and O–H groups in total. The molecular formula is C11H16N2O2. The predicted molar refractivity (Wildman–Crippen MR) is 57.3 cm³/mol. The topological polar surface area (TPSA) is 43.4 Å². The first kappa shape index (κ1) is 10.2. The zero-order valence-electron chi connectivity index (χ0n) is 8.90. The summed E-state index contributed by atoms with van der Waals surface area (Å²) in [5, 5.41) is 3.31. The smallest absolute Gasteiger partial charge is 0.141 e. The van der Waals surface area contributed by atoms with Crippen molar-refractivity contribution in [2.24, 2.45) is 0 Å². The first-order valence-electron chi connectivity index (χ1n) is 5.25. The van der Waals surface area contributed by atoms with Gasteiger partial charge in [0.05, 0.1) is 19.5 Å². The third-order valence-corrected chi connectivity index (χ3v) is 2.48. The van der Waals surface area contributed by atoms with Crippen LogP contribution in [-0.4, -0.2) is 31.3 Å². The molecule has 82 valence electrons. The third kappa shape index (κ3) is 2.83. The average Bonchev–Trinajstić information content (AvgIpc) is 2.31. The summed E-state index contributed by atoms with van der Waals surface area (Å²) >= 11 is 0. The summed E-state index contributed by atoms with van der Waals surface area (Å²) in [6, 6.07) is 1.86. The second-order valence-corrected chi connectivity index (χ2v) is 3.65. The van der Waals surface area contributed by atoms with Crippen molar-refractivity contribution in [1.29, 1.82) is 0 Å². The minimum absolute atomic E-state index is 0.257.